The molecule has 2 rings (SSSR count). The van der Waals surface area contributed by atoms with E-state index in [0.717, 1.165) is 23.0 Å². The van der Waals surface area contributed by atoms with E-state index in [2.05, 4.69) is 17.2 Å². The van der Waals surface area contributed by atoms with Gasteiger partial charge in [-0.25, -0.2) is 4.98 Å². The summed E-state index contributed by atoms with van der Waals surface area (Å²) in [7, 11) is 0. The van der Waals surface area contributed by atoms with Crippen molar-refractivity contribution >= 4 is 11.5 Å². The van der Waals surface area contributed by atoms with Gasteiger partial charge in [0.15, 0.2) is 0 Å². The molecule has 15 heavy (non-hydrogen) atoms. The van der Waals surface area contributed by atoms with Gasteiger partial charge in [-0.15, -0.1) is 0 Å². The first-order valence-electron chi connectivity index (χ1n) is 5.65. The Balaban J connectivity index is 2.10. The van der Waals surface area contributed by atoms with Crippen LogP contribution in [0.4, 0.5) is 11.5 Å². The number of aryl methyl sites for hydroxylation is 1. The molecule has 3 heteroatoms. The van der Waals surface area contributed by atoms with Crippen molar-refractivity contribution in [3.63, 3.8) is 0 Å². The van der Waals surface area contributed by atoms with Crippen LogP contribution in [0, 0.1) is 12.8 Å². The standard InChI is InChI=1S/C12H19N3/c1-8-6-10(13)12(14-7-8)15-11-5-3-4-9(11)2/h6-7,9,11H,3-5,13H2,1-2H3,(H,14,15). The number of hydrogen-bond donors (Lipinski definition) is 2. The second-order valence-corrected chi connectivity index (χ2v) is 4.61. The fourth-order valence-electron chi connectivity index (χ4n) is 2.25. The van der Waals surface area contributed by atoms with E-state index in [-0.39, 0.29) is 0 Å². The molecule has 0 spiro atoms. The highest BCUT2D eigenvalue weighted by Gasteiger charge is 2.23. The minimum atomic E-state index is 0.544. The van der Waals surface area contributed by atoms with Crippen LogP contribution < -0.4 is 11.1 Å². The Morgan fingerprint density at radius 2 is 2.27 bits per heavy atom. The van der Waals surface area contributed by atoms with E-state index >= 15 is 0 Å². The molecule has 3 nitrogen and oxygen atoms in total. The Labute approximate surface area is 91.1 Å². The Hall–Kier alpha value is -1.25. The fourth-order valence-corrected chi connectivity index (χ4v) is 2.25. The Morgan fingerprint density at radius 1 is 1.47 bits per heavy atom. The van der Waals surface area contributed by atoms with Gasteiger partial charge in [-0.1, -0.05) is 13.3 Å². The van der Waals surface area contributed by atoms with Crippen molar-refractivity contribution in [2.45, 2.75) is 39.2 Å². The maximum atomic E-state index is 5.92. The zero-order valence-corrected chi connectivity index (χ0v) is 9.46. The summed E-state index contributed by atoms with van der Waals surface area (Å²) in [5.41, 5.74) is 7.79. The second kappa shape index (κ2) is 4.09. The molecule has 0 bridgehead atoms. The molecule has 2 atom stereocenters. The second-order valence-electron chi connectivity index (χ2n) is 4.61. The summed E-state index contributed by atoms with van der Waals surface area (Å²) in [4.78, 5) is 4.34. The number of rotatable bonds is 2. The first-order valence-corrected chi connectivity index (χ1v) is 5.65. The third-order valence-electron chi connectivity index (χ3n) is 3.24. The molecule has 1 fully saturated rings. The van der Waals surface area contributed by atoms with Crippen molar-refractivity contribution in [1.82, 2.24) is 4.98 Å². The van der Waals surface area contributed by atoms with Crippen LogP contribution in [0.5, 0.6) is 0 Å². The maximum Gasteiger partial charge on any atom is 0.149 e. The Morgan fingerprint density at radius 3 is 2.87 bits per heavy atom. The number of nitrogen functional groups attached to an aromatic ring is 1. The van der Waals surface area contributed by atoms with Crippen molar-refractivity contribution < 1.29 is 0 Å². The van der Waals surface area contributed by atoms with Crippen LogP contribution in [-0.2, 0) is 0 Å². The lowest BCUT2D eigenvalue weighted by atomic mass is 10.1. The predicted octanol–water partition coefficient (Wildman–Crippen LogP) is 2.57. The molecule has 3 N–H and O–H groups in total. The van der Waals surface area contributed by atoms with E-state index in [1.165, 1.54) is 19.3 Å². The zero-order chi connectivity index (χ0) is 10.8. The summed E-state index contributed by atoms with van der Waals surface area (Å²) in [6.07, 6.45) is 5.71. The number of nitrogens with zero attached hydrogens (tertiary/aromatic N) is 1. The highest BCUT2D eigenvalue weighted by Crippen LogP contribution is 2.29. The number of aromatic nitrogens is 1. The molecular weight excluding hydrogens is 186 g/mol. The zero-order valence-electron chi connectivity index (χ0n) is 9.46. The Bertz CT molecular complexity index is 349. The van der Waals surface area contributed by atoms with Crippen LogP contribution >= 0.6 is 0 Å². The predicted molar refractivity (Wildman–Crippen MR) is 63.8 cm³/mol. The van der Waals surface area contributed by atoms with Gasteiger partial charge in [0.25, 0.3) is 0 Å². The SMILES string of the molecule is Cc1cnc(NC2CCCC2C)c(N)c1. The van der Waals surface area contributed by atoms with Crippen LogP contribution in [0.2, 0.25) is 0 Å². The quantitative estimate of drug-likeness (QED) is 0.780. The number of nitrogens with one attached hydrogen (secondary N) is 1. The highest BCUT2D eigenvalue weighted by molar-refractivity contribution is 5.62. The summed E-state index contributed by atoms with van der Waals surface area (Å²) >= 11 is 0. The lowest BCUT2D eigenvalue weighted by molar-refractivity contribution is 0.555. The average Bonchev–Trinajstić information content (AvgIpc) is 2.57. The molecule has 0 saturated heterocycles. The van der Waals surface area contributed by atoms with E-state index in [4.69, 9.17) is 5.73 Å². The molecule has 1 aromatic heterocycles. The lowest BCUT2D eigenvalue weighted by Crippen LogP contribution is -2.23. The fraction of sp³-hybridized carbons (Fsp3) is 0.583. The highest BCUT2D eigenvalue weighted by atomic mass is 15.0. The Kier molecular flexibility index (Phi) is 2.80. The molecule has 0 aliphatic heterocycles. The van der Waals surface area contributed by atoms with Crippen LogP contribution in [-0.4, -0.2) is 11.0 Å². The molecule has 0 amide bonds. The van der Waals surface area contributed by atoms with Gasteiger partial charge in [-0.05, 0) is 37.3 Å². The van der Waals surface area contributed by atoms with Crippen molar-refractivity contribution in [3.8, 4) is 0 Å². The summed E-state index contributed by atoms with van der Waals surface area (Å²) in [6.45, 7) is 4.29. The van der Waals surface area contributed by atoms with Gasteiger partial charge >= 0.3 is 0 Å². The number of hydrogen-bond acceptors (Lipinski definition) is 3. The number of anilines is 2. The third kappa shape index (κ3) is 2.22. The third-order valence-corrected chi connectivity index (χ3v) is 3.24. The molecule has 1 heterocycles. The molecule has 1 aliphatic rings. The van der Waals surface area contributed by atoms with Crippen molar-refractivity contribution in [2.75, 3.05) is 11.1 Å². The van der Waals surface area contributed by atoms with Gasteiger partial charge < -0.3 is 11.1 Å². The minimum absolute atomic E-state index is 0.544. The van der Waals surface area contributed by atoms with Crippen molar-refractivity contribution in [2.24, 2.45) is 5.92 Å². The van der Waals surface area contributed by atoms with Crippen molar-refractivity contribution in [3.05, 3.63) is 17.8 Å². The van der Waals surface area contributed by atoms with Gasteiger partial charge in [-0.2, -0.15) is 0 Å². The molecule has 2 unspecified atom stereocenters. The van der Waals surface area contributed by atoms with Crippen LogP contribution in [0.25, 0.3) is 0 Å². The van der Waals surface area contributed by atoms with E-state index in [1.807, 2.05) is 19.2 Å². The van der Waals surface area contributed by atoms with E-state index in [1.54, 1.807) is 0 Å². The number of nitrogens with two attached hydrogens (primary N) is 1. The molecule has 82 valence electrons. The molecular formula is C12H19N3. The minimum Gasteiger partial charge on any atom is -0.396 e. The first-order chi connectivity index (χ1) is 7.16. The van der Waals surface area contributed by atoms with E-state index < -0.39 is 0 Å². The molecule has 1 aromatic rings. The van der Waals surface area contributed by atoms with Crippen molar-refractivity contribution in [1.29, 1.82) is 0 Å². The largest absolute Gasteiger partial charge is 0.396 e. The van der Waals surface area contributed by atoms with Crippen LogP contribution in [0.3, 0.4) is 0 Å². The van der Waals surface area contributed by atoms with Gasteiger partial charge in [0.05, 0.1) is 5.69 Å². The smallest absolute Gasteiger partial charge is 0.149 e. The van der Waals surface area contributed by atoms with E-state index in [9.17, 15) is 0 Å². The monoisotopic (exact) mass is 205 g/mol. The average molecular weight is 205 g/mol. The molecule has 0 radical (unpaired) electrons. The molecule has 0 aromatic carbocycles. The van der Waals surface area contributed by atoms with E-state index in [0.29, 0.717) is 6.04 Å². The lowest BCUT2D eigenvalue weighted by Gasteiger charge is -2.19. The topological polar surface area (TPSA) is 50.9 Å². The molecule has 1 saturated carbocycles. The van der Waals surface area contributed by atoms with Crippen LogP contribution in [0.1, 0.15) is 31.7 Å². The summed E-state index contributed by atoms with van der Waals surface area (Å²) in [6, 6.07) is 2.51. The normalized spacial score (nSPS) is 25.5. The van der Waals surface area contributed by atoms with Gasteiger partial charge in [0.2, 0.25) is 0 Å². The first kappa shape index (κ1) is 10.3. The van der Waals surface area contributed by atoms with Gasteiger partial charge in [0, 0.05) is 12.2 Å². The summed E-state index contributed by atoms with van der Waals surface area (Å²) < 4.78 is 0. The number of pyridine rings is 1. The maximum absolute atomic E-state index is 5.92. The summed E-state index contributed by atoms with van der Waals surface area (Å²) in [5.74, 6) is 1.58. The van der Waals surface area contributed by atoms with Gasteiger partial charge in [-0.3, -0.25) is 0 Å². The van der Waals surface area contributed by atoms with Gasteiger partial charge in [0.1, 0.15) is 5.82 Å². The molecule has 1 aliphatic carbocycles. The van der Waals surface area contributed by atoms with Crippen LogP contribution in [0.15, 0.2) is 12.3 Å². The summed E-state index contributed by atoms with van der Waals surface area (Å²) in [5, 5.41) is 3.45.